The summed E-state index contributed by atoms with van der Waals surface area (Å²) >= 11 is 1.19. The first kappa shape index (κ1) is 6.98. The zero-order valence-electron chi connectivity index (χ0n) is 4.23. The highest BCUT2D eigenvalue weighted by molar-refractivity contribution is 8.13. The third kappa shape index (κ3) is 3.82. The van der Waals surface area contributed by atoms with Gasteiger partial charge in [-0.15, -0.1) is 0 Å². The molecule has 0 aromatic heterocycles. The van der Waals surface area contributed by atoms with Gasteiger partial charge in [0.25, 0.3) is 0 Å². The van der Waals surface area contributed by atoms with Crippen LogP contribution in [0, 0.1) is 0 Å². The molecule has 0 aromatic rings. The molecule has 3 heteroatoms. The van der Waals surface area contributed by atoms with Gasteiger partial charge in [-0.05, 0) is 6.26 Å². The largest absolute Gasteiger partial charge is 0.287 e. The van der Waals surface area contributed by atoms with Gasteiger partial charge in [0.2, 0.25) is 0 Å². The van der Waals surface area contributed by atoms with E-state index in [2.05, 4.69) is 0 Å². The van der Waals surface area contributed by atoms with Crippen LogP contribution in [0.2, 0.25) is 0 Å². The second-order valence-electron chi connectivity index (χ2n) is 1.08. The summed E-state index contributed by atoms with van der Waals surface area (Å²) in [5.74, 6) is 0. The van der Waals surface area contributed by atoms with Gasteiger partial charge in [0.15, 0.2) is 5.12 Å². The number of hydrogen-bond acceptors (Lipinski definition) is 2. The highest BCUT2D eigenvalue weighted by atomic mass is 32.2. The zero-order valence-corrected chi connectivity index (χ0v) is 5.05. The molecule has 0 aliphatic heterocycles. The molecule has 0 atom stereocenters. The van der Waals surface area contributed by atoms with Gasteiger partial charge in [0, 0.05) is 13.0 Å². The van der Waals surface area contributed by atoms with Crippen molar-refractivity contribution in [3.8, 4) is 0 Å². The lowest BCUT2D eigenvalue weighted by Crippen LogP contribution is -1.94. The van der Waals surface area contributed by atoms with Gasteiger partial charge in [-0.1, -0.05) is 11.8 Å². The van der Waals surface area contributed by atoms with Crippen molar-refractivity contribution < 1.29 is 4.79 Å². The summed E-state index contributed by atoms with van der Waals surface area (Å²) in [6.45, 7) is 0.222. The van der Waals surface area contributed by atoms with Crippen LogP contribution in [0.15, 0.2) is 0 Å². The Bertz CT molecular complexity index is 64.7. The Morgan fingerprint density at radius 3 is 2.57 bits per heavy atom. The van der Waals surface area contributed by atoms with E-state index in [9.17, 15) is 4.79 Å². The maximum absolute atomic E-state index is 10.3. The van der Waals surface area contributed by atoms with E-state index in [4.69, 9.17) is 5.73 Å². The third-order valence-corrected chi connectivity index (χ3v) is 1.22. The minimum Gasteiger partial charge on any atom is -0.287 e. The molecular formula is C4H8NOS. The predicted molar refractivity (Wildman–Crippen MR) is 31.1 cm³/mol. The van der Waals surface area contributed by atoms with Crippen molar-refractivity contribution >= 4 is 16.9 Å². The molecule has 0 fully saturated rings. The topological polar surface area (TPSA) is 40.9 Å². The summed E-state index contributed by atoms with van der Waals surface area (Å²) in [6.07, 6.45) is 2.12. The van der Waals surface area contributed by atoms with Crippen molar-refractivity contribution in [2.24, 2.45) is 0 Å². The number of nitrogens with one attached hydrogen (secondary N) is 1. The molecule has 2 nitrogen and oxygen atoms in total. The van der Waals surface area contributed by atoms with Gasteiger partial charge in [-0.2, -0.15) is 0 Å². The van der Waals surface area contributed by atoms with Crippen molar-refractivity contribution in [1.82, 2.24) is 5.73 Å². The molecule has 0 aliphatic carbocycles. The highest BCUT2D eigenvalue weighted by Gasteiger charge is 1.92. The summed E-state index contributed by atoms with van der Waals surface area (Å²) in [4.78, 5) is 10.3. The Hall–Kier alpha value is -0.0200. The van der Waals surface area contributed by atoms with E-state index in [-0.39, 0.29) is 11.7 Å². The monoisotopic (exact) mass is 118 g/mol. The van der Waals surface area contributed by atoms with Gasteiger partial charge in [-0.25, -0.2) is 0 Å². The number of thioether (sulfide) groups is 1. The molecule has 7 heavy (non-hydrogen) atoms. The SMILES string of the molecule is CSC(=O)CC[NH]. The average molecular weight is 118 g/mol. The molecule has 0 unspecified atom stereocenters. The van der Waals surface area contributed by atoms with E-state index in [1.165, 1.54) is 11.8 Å². The molecule has 1 radical (unpaired) electrons. The zero-order chi connectivity index (χ0) is 5.70. The molecule has 41 valence electrons. The summed E-state index contributed by atoms with van der Waals surface area (Å²) in [5, 5.41) is 0.106. The van der Waals surface area contributed by atoms with Crippen LogP contribution in [0.4, 0.5) is 0 Å². The first-order chi connectivity index (χ1) is 3.31. The molecule has 0 saturated heterocycles. The van der Waals surface area contributed by atoms with Crippen LogP contribution in [-0.4, -0.2) is 17.9 Å². The first-order valence-corrected chi connectivity index (χ1v) is 3.25. The smallest absolute Gasteiger partial charge is 0.189 e. The van der Waals surface area contributed by atoms with Gasteiger partial charge < -0.3 is 0 Å². The fourth-order valence-corrected chi connectivity index (χ4v) is 0.510. The Labute approximate surface area is 47.5 Å². The fraction of sp³-hybridized carbons (Fsp3) is 0.750. The highest BCUT2D eigenvalue weighted by Crippen LogP contribution is 1.96. The van der Waals surface area contributed by atoms with E-state index < -0.39 is 0 Å². The number of carbonyl (C=O) groups is 1. The van der Waals surface area contributed by atoms with Crippen molar-refractivity contribution in [1.29, 1.82) is 0 Å². The normalized spacial score (nSPS) is 8.86. The van der Waals surface area contributed by atoms with E-state index in [1.807, 2.05) is 0 Å². The Kier molecular flexibility index (Phi) is 4.14. The Morgan fingerprint density at radius 1 is 1.86 bits per heavy atom. The lowest BCUT2D eigenvalue weighted by molar-refractivity contribution is -0.110. The second-order valence-corrected chi connectivity index (χ2v) is 1.94. The molecule has 0 amide bonds. The average Bonchev–Trinajstić information content (AvgIpc) is 1.68. The van der Waals surface area contributed by atoms with E-state index in [1.54, 1.807) is 6.26 Å². The van der Waals surface area contributed by atoms with Crippen LogP contribution in [-0.2, 0) is 4.79 Å². The quantitative estimate of drug-likeness (QED) is 0.531. The summed E-state index contributed by atoms with van der Waals surface area (Å²) in [7, 11) is 0. The predicted octanol–water partition coefficient (Wildman–Crippen LogP) is 0.549. The molecule has 0 rings (SSSR count). The van der Waals surface area contributed by atoms with Crippen LogP contribution in [0.25, 0.3) is 0 Å². The van der Waals surface area contributed by atoms with Crippen LogP contribution < -0.4 is 5.73 Å². The van der Waals surface area contributed by atoms with E-state index >= 15 is 0 Å². The maximum atomic E-state index is 10.3. The molecule has 0 bridgehead atoms. The number of rotatable bonds is 2. The molecule has 0 saturated carbocycles. The number of carbonyl (C=O) groups excluding carboxylic acids is 1. The van der Waals surface area contributed by atoms with Crippen LogP contribution in [0.3, 0.4) is 0 Å². The molecule has 0 heterocycles. The summed E-state index contributed by atoms with van der Waals surface area (Å²) in [6, 6.07) is 0. The standard InChI is InChI=1S/C4H8NOS/c1-7-4(6)2-3-5/h5H,2-3H2,1H3. The van der Waals surface area contributed by atoms with Gasteiger partial charge in [-0.3, -0.25) is 10.5 Å². The Morgan fingerprint density at radius 2 is 2.43 bits per heavy atom. The number of hydrogen-bond donors (Lipinski definition) is 0. The third-order valence-electron chi connectivity index (χ3n) is 0.557. The summed E-state index contributed by atoms with van der Waals surface area (Å²) in [5.41, 5.74) is 6.60. The fourth-order valence-electron chi connectivity index (χ4n) is 0.204. The van der Waals surface area contributed by atoms with E-state index in [0.29, 0.717) is 6.42 Å². The second kappa shape index (κ2) is 4.15. The molecule has 0 spiro atoms. The van der Waals surface area contributed by atoms with Crippen LogP contribution >= 0.6 is 11.8 Å². The van der Waals surface area contributed by atoms with Crippen molar-refractivity contribution in [3.63, 3.8) is 0 Å². The van der Waals surface area contributed by atoms with E-state index in [0.717, 1.165) is 0 Å². The van der Waals surface area contributed by atoms with Crippen molar-refractivity contribution in [3.05, 3.63) is 0 Å². The molecule has 0 aliphatic rings. The van der Waals surface area contributed by atoms with Crippen LogP contribution in [0.5, 0.6) is 0 Å². The van der Waals surface area contributed by atoms with Crippen molar-refractivity contribution in [2.75, 3.05) is 12.8 Å². The minimum atomic E-state index is 0.106. The molecule has 0 aromatic carbocycles. The van der Waals surface area contributed by atoms with Gasteiger partial charge >= 0.3 is 0 Å². The minimum absolute atomic E-state index is 0.106. The van der Waals surface area contributed by atoms with Crippen molar-refractivity contribution in [2.45, 2.75) is 6.42 Å². The summed E-state index contributed by atoms with van der Waals surface area (Å²) < 4.78 is 0. The molecule has 1 N–H and O–H groups in total. The maximum Gasteiger partial charge on any atom is 0.189 e. The molecular weight excluding hydrogens is 110 g/mol. The van der Waals surface area contributed by atoms with Gasteiger partial charge in [0.05, 0.1) is 0 Å². The lowest BCUT2D eigenvalue weighted by Gasteiger charge is -1.86. The van der Waals surface area contributed by atoms with Crippen LogP contribution in [0.1, 0.15) is 6.42 Å². The lowest BCUT2D eigenvalue weighted by atomic mass is 10.5. The van der Waals surface area contributed by atoms with Gasteiger partial charge in [0.1, 0.15) is 0 Å². The Balaban J connectivity index is 3.00. The first-order valence-electron chi connectivity index (χ1n) is 2.02.